The van der Waals surface area contributed by atoms with Crippen LogP contribution in [0.5, 0.6) is 0 Å². The summed E-state index contributed by atoms with van der Waals surface area (Å²) in [5.74, 6) is 0. The van der Waals surface area contributed by atoms with Gasteiger partial charge in [0.1, 0.15) is 12.2 Å². The number of hydrogen-bond acceptors (Lipinski definition) is 5. The third kappa shape index (κ3) is 7.38. The molecule has 0 spiro atoms. The first-order valence-corrected chi connectivity index (χ1v) is 9.70. The molecule has 1 fully saturated rings. The van der Waals surface area contributed by atoms with Gasteiger partial charge in [-0.15, -0.1) is 0 Å². The minimum Gasteiger partial charge on any atom is -0.445 e. The highest BCUT2D eigenvalue weighted by atomic mass is 16.6. The van der Waals surface area contributed by atoms with Gasteiger partial charge in [-0.2, -0.15) is 0 Å². The molecule has 0 aromatic heterocycles. The molecule has 0 atom stereocenters. The number of aliphatic hydroxyl groups is 1. The molecular weight excluding hydrogens is 360 g/mol. The van der Waals surface area contributed by atoms with Crippen LogP contribution in [0, 0.1) is 0 Å². The summed E-state index contributed by atoms with van der Waals surface area (Å²) in [6.07, 6.45) is 1.33. The fraction of sp³-hybridized carbons (Fsp3) is 0.619. The maximum Gasteiger partial charge on any atom is 0.409 e. The van der Waals surface area contributed by atoms with Crippen LogP contribution < -0.4 is 5.32 Å². The van der Waals surface area contributed by atoms with Crippen molar-refractivity contribution in [3.63, 3.8) is 0 Å². The summed E-state index contributed by atoms with van der Waals surface area (Å²) in [6.45, 7) is 5.85. The van der Waals surface area contributed by atoms with Crippen molar-refractivity contribution in [1.29, 1.82) is 0 Å². The summed E-state index contributed by atoms with van der Waals surface area (Å²) < 4.78 is 10.6. The van der Waals surface area contributed by atoms with Crippen LogP contribution in [0.2, 0.25) is 0 Å². The van der Waals surface area contributed by atoms with Crippen LogP contribution in [0.3, 0.4) is 0 Å². The second-order valence-electron chi connectivity index (χ2n) is 8.54. The number of likely N-dealkylation sites (N-methyl/N-ethyl adjacent to an activating group) is 1. The van der Waals surface area contributed by atoms with Gasteiger partial charge in [-0.1, -0.05) is 30.3 Å². The third-order valence-corrected chi connectivity index (χ3v) is 4.69. The normalized spacial score (nSPS) is 22.2. The van der Waals surface area contributed by atoms with Gasteiger partial charge in [0.2, 0.25) is 0 Å². The molecule has 7 nitrogen and oxygen atoms in total. The Hall–Kier alpha value is -2.28. The lowest BCUT2D eigenvalue weighted by molar-refractivity contribution is -0.0282. The van der Waals surface area contributed by atoms with Gasteiger partial charge in [0.25, 0.3) is 0 Å². The van der Waals surface area contributed by atoms with Crippen LogP contribution in [-0.2, 0) is 16.1 Å². The van der Waals surface area contributed by atoms with E-state index in [0.717, 1.165) is 5.56 Å². The molecule has 1 aromatic rings. The molecule has 0 saturated heterocycles. The average molecular weight is 392 g/mol. The zero-order valence-corrected chi connectivity index (χ0v) is 17.2. The predicted molar refractivity (Wildman–Crippen MR) is 106 cm³/mol. The zero-order chi connectivity index (χ0) is 20.8. The Morgan fingerprint density at radius 1 is 1.21 bits per heavy atom. The molecule has 0 unspecified atom stereocenters. The van der Waals surface area contributed by atoms with Crippen LogP contribution >= 0.6 is 0 Å². The Bertz CT molecular complexity index is 649. The number of rotatable bonds is 5. The van der Waals surface area contributed by atoms with Crippen molar-refractivity contribution in [1.82, 2.24) is 10.2 Å². The van der Waals surface area contributed by atoms with E-state index in [9.17, 15) is 14.7 Å². The van der Waals surface area contributed by atoms with Crippen molar-refractivity contribution < 1.29 is 24.2 Å². The molecule has 156 valence electrons. The molecule has 1 aliphatic rings. The van der Waals surface area contributed by atoms with E-state index in [0.29, 0.717) is 25.7 Å². The Morgan fingerprint density at radius 3 is 2.39 bits per heavy atom. The summed E-state index contributed by atoms with van der Waals surface area (Å²) in [4.78, 5) is 25.5. The van der Waals surface area contributed by atoms with Crippen molar-refractivity contribution in [2.24, 2.45) is 0 Å². The van der Waals surface area contributed by atoms with Gasteiger partial charge in [0.05, 0.1) is 12.1 Å². The minimum absolute atomic E-state index is 0.0366. The van der Waals surface area contributed by atoms with Crippen molar-refractivity contribution >= 4 is 12.2 Å². The van der Waals surface area contributed by atoms with E-state index in [1.807, 2.05) is 51.1 Å². The maximum absolute atomic E-state index is 12.2. The van der Waals surface area contributed by atoms with Gasteiger partial charge >= 0.3 is 12.2 Å². The summed E-state index contributed by atoms with van der Waals surface area (Å²) in [6, 6.07) is 9.42. The summed E-state index contributed by atoms with van der Waals surface area (Å²) in [5, 5.41) is 13.7. The second-order valence-corrected chi connectivity index (χ2v) is 8.54. The average Bonchev–Trinajstić information content (AvgIpc) is 2.61. The first-order chi connectivity index (χ1) is 13.1. The Kier molecular flexibility index (Phi) is 7.29. The molecule has 7 heteroatoms. The highest BCUT2D eigenvalue weighted by Crippen LogP contribution is 2.29. The molecule has 2 N–H and O–H groups in total. The number of alkyl carbamates (subject to hydrolysis) is 1. The van der Waals surface area contributed by atoms with Gasteiger partial charge in [-0.3, -0.25) is 0 Å². The molecule has 1 aliphatic carbocycles. The van der Waals surface area contributed by atoms with Crippen LogP contribution in [-0.4, -0.2) is 53.0 Å². The molecule has 2 amide bonds. The Morgan fingerprint density at radius 2 is 1.82 bits per heavy atom. The summed E-state index contributed by atoms with van der Waals surface area (Å²) >= 11 is 0. The van der Waals surface area contributed by atoms with Crippen LogP contribution in [0.15, 0.2) is 30.3 Å². The standard InChI is InChI=1S/C21H32N2O5/c1-20(2,3)28-18(24)22-17-10-12-21(26,13-11-17)15-23(4)19(25)27-14-16-8-6-5-7-9-16/h5-9,17,26H,10-15H2,1-4H3,(H,22,24). The fourth-order valence-corrected chi connectivity index (χ4v) is 3.27. The fourth-order valence-electron chi connectivity index (χ4n) is 3.27. The molecule has 0 aliphatic heterocycles. The lowest BCUT2D eigenvalue weighted by Gasteiger charge is -2.38. The lowest BCUT2D eigenvalue weighted by atomic mass is 9.82. The second kappa shape index (κ2) is 9.28. The number of nitrogens with one attached hydrogen (secondary N) is 1. The lowest BCUT2D eigenvalue weighted by Crippen LogP contribution is -2.50. The Labute approximate surface area is 167 Å². The number of carbonyl (C=O) groups excluding carboxylic acids is 2. The molecule has 1 aromatic carbocycles. The topological polar surface area (TPSA) is 88.1 Å². The summed E-state index contributed by atoms with van der Waals surface area (Å²) in [5.41, 5.74) is -0.605. The number of ether oxygens (including phenoxy) is 2. The van der Waals surface area contributed by atoms with Crippen molar-refractivity contribution in [2.45, 2.75) is 70.3 Å². The minimum atomic E-state index is -0.980. The number of amides is 2. The van der Waals surface area contributed by atoms with E-state index in [-0.39, 0.29) is 19.2 Å². The SMILES string of the molecule is CN(CC1(O)CCC(NC(=O)OC(C)(C)C)CC1)C(=O)OCc1ccccc1. The van der Waals surface area contributed by atoms with Gasteiger partial charge in [-0.25, -0.2) is 9.59 Å². The van der Waals surface area contributed by atoms with Crippen molar-refractivity contribution in [2.75, 3.05) is 13.6 Å². The highest BCUT2D eigenvalue weighted by molar-refractivity contribution is 5.68. The maximum atomic E-state index is 12.2. The summed E-state index contributed by atoms with van der Waals surface area (Å²) in [7, 11) is 1.62. The zero-order valence-electron chi connectivity index (χ0n) is 17.2. The molecule has 0 radical (unpaired) electrons. The number of nitrogens with zero attached hydrogens (tertiary/aromatic N) is 1. The first kappa shape index (κ1) is 22.0. The molecule has 28 heavy (non-hydrogen) atoms. The van der Waals surface area contributed by atoms with Gasteiger partial charge < -0.3 is 24.8 Å². The smallest absolute Gasteiger partial charge is 0.409 e. The third-order valence-electron chi connectivity index (χ3n) is 4.69. The van der Waals surface area contributed by atoms with E-state index in [1.165, 1.54) is 4.90 Å². The number of benzene rings is 1. The highest BCUT2D eigenvalue weighted by Gasteiger charge is 2.36. The monoisotopic (exact) mass is 392 g/mol. The molecule has 0 bridgehead atoms. The van der Waals surface area contributed by atoms with Gasteiger partial charge in [0.15, 0.2) is 0 Å². The van der Waals surface area contributed by atoms with Crippen LogP contribution in [0.25, 0.3) is 0 Å². The largest absolute Gasteiger partial charge is 0.445 e. The quantitative estimate of drug-likeness (QED) is 0.801. The predicted octanol–water partition coefficient (Wildman–Crippen LogP) is 3.45. The molecule has 0 heterocycles. The van der Waals surface area contributed by atoms with Gasteiger partial charge in [0, 0.05) is 13.1 Å². The number of carbonyl (C=O) groups is 2. The Balaban J connectivity index is 1.75. The molecule has 1 saturated carbocycles. The molecular formula is C21H32N2O5. The van der Waals surface area contributed by atoms with E-state index < -0.39 is 23.4 Å². The first-order valence-electron chi connectivity index (χ1n) is 9.70. The van der Waals surface area contributed by atoms with E-state index >= 15 is 0 Å². The molecule has 2 rings (SSSR count). The van der Waals surface area contributed by atoms with E-state index in [1.54, 1.807) is 7.05 Å². The van der Waals surface area contributed by atoms with E-state index in [4.69, 9.17) is 9.47 Å². The van der Waals surface area contributed by atoms with Crippen LogP contribution in [0.4, 0.5) is 9.59 Å². The van der Waals surface area contributed by atoms with Gasteiger partial charge in [-0.05, 0) is 52.0 Å². The van der Waals surface area contributed by atoms with Crippen molar-refractivity contribution in [3.8, 4) is 0 Å². The van der Waals surface area contributed by atoms with E-state index in [2.05, 4.69) is 5.32 Å². The van der Waals surface area contributed by atoms with Crippen LogP contribution in [0.1, 0.15) is 52.0 Å². The number of hydrogen-bond donors (Lipinski definition) is 2. The van der Waals surface area contributed by atoms with Crippen molar-refractivity contribution in [3.05, 3.63) is 35.9 Å².